The third-order valence-electron chi connectivity index (χ3n) is 2.64. The zero-order valence-electron chi connectivity index (χ0n) is 10.6. The zero-order chi connectivity index (χ0) is 14.5. The SMILES string of the molecule is CCNC(CCO)CS(=O)(=O)c1ccc(F)c(Cl)c1. The van der Waals surface area contributed by atoms with Crippen LogP contribution in [0, 0.1) is 5.82 Å². The average Bonchev–Trinajstić information content (AvgIpc) is 2.32. The fraction of sp³-hybridized carbons (Fsp3) is 0.500. The van der Waals surface area contributed by atoms with Crippen molar-refractivity contribution in [1.82, 2.24) is 5.32 Å². The van der Waals surface area contributed by atoms with E-state index in [-0.39, 0.29) is 28.3 Å². The number of rotatable bonds is 7. The van der Waals surface area contributed by atoms with Crippen molar-refractivity contribution in [3.8, 4) is 0 Å². The van der Waals surface area contributed by atoms with Crippen molar-refractivity contribution in [3.05, 3.63) is 29.0 Å². The number of aliphatic hydroxyl groups is 1. The summed E-state index contributed by atoms with van der Waals surface area (Å²) in [4.78, 5) is -0.0141. The molecule has 0 bridgehead atoms. The number of hydrogen-bond acceptors (Lipinski definition) is 4. The van der Waals surface area contributed by atoms with E-state index in [9.17, 15) is 12.8 Å². The molecule has 0 radical (unpaired) electrons. The van der Waals surface area contributed by atoms with Crippen LogP contribution in [-0.2, 0) is 9.84 Å². The molecular weight excluding hydrogens is 293 g/mol. The van der Waals surface area contributed by atoms with Crippen molar-refractivity contribution in [2.75, 3.05) is 18.9 Å². The van der Waals surface area contributed by atoms with Crippen LogP contribution >= 0.6 is 11.6 Å². The van der Waals surface area contributed by atoms with Crippen molar-refractivity contribution in [2.45, 2.75) is 24.3 Å². The van der Waals surface area contributed by atoms with Gasteiger partial charge in [-0.1, -0.05) is 18.5 Å². The quantitative estimate of drug-likeness (QED) is 0.751. The van der Waals surface area contributed by atoms with Gasteiger partial charge in [0.1, 0.15) is 5.82 Å². The third kappa shape index (κ3) is 4.72. The first-order valence-electron chi connectivity index (χ1n) is 5.92. The lowest BCUT2D eigenvalue weighted by atomic mass is 10.2. The van der Waals surface area contributed by atoms with Crippen LogP contribution in [0.4, 0.5) is 4.39 Å². The standard InChI is InChI=1S/C12H17ClFNO3S/c1-2-15-9(5-6-16)8-19(17,18)10-3-4-12(14)11(13)7-10/h3-4,7,9,15-16H,2,5-6,8H2,1H3. The summed E-state index contributed by atoms with van der Waals surface area (Å²) in [7, 11) is -3.57. The molecule has 4 nitrogen and oxygen atoms in total. The van der Waals surface area contributed by atoms with Gasteiger partial charge in [-0.05, 0) is 31.2 Å². The molecule has 0 aliphatic heterocycles. The largest absolute Gasteiger partial charge is 0.396 e. The van der Waals surface area contributed by atoms with Gasteiger partial charge in [0.2, 0.25) is 0 Å². The monoisotopic (exact) mass is 309 g/mol. The summed E-state index contributed by atoms with van der Waals surface area (Å²) < 4.78 is 37.3. The normalized spacial score (nSPS) is 13.5. The lowest BCUT2D eigenvalue weighted by molar-refractivity contribution is 0.270. The molecule has 7 heteroatoms. The molecule has 1 rings (SSSR count). The van der Waals surface area contributed by atoms with Crippen LogP contribution in [0.1, 0.15) is 13.3 Å². The van der Waals surface area contributed by atoms with E-state index in [1.165, 1.54) is 6.07 Å². The molecule has 0 saturated heterocycles. The lowest BCUT2D eigenvalue weighted by Crippen LogP contribution is -2.36. The topological polar surface area (TPSA) is 66.4 Å². The van der Waals surface area contributed by atoms with Crippen LogP contribution in [0.3, 0.4) is 0 Å². The lowest BCUT2D eigenvalue weighted by Gasteiger charge is -2.16. The summed E-state index contributed by atoms with van der Waals surface area (Å²) in [5.41, 5.74) is 0. The molecule has 108 valence electrons. The highest BCUT2D eigenvalue weighted by atomic mass is 35.5. The molecule has 1 unspecified atom stereocenters. The molecule has 1 atom stereocenters. The molecule has 0 aliphatic rings. The fourth-order valence-corrected chi connectivity index (χ4v) is 3.54. The molecule has 0 amide bonds. The molecule has 0 saturated carbocycles. The smallest absolute Gasteiger partial charge is 0.179 e. The second kappa shape index (κ2) is 7.19. The summed E-state index contributed by atoms with van der Waals surface area (Å²) >= 11 is 5.58. The summed E-state index contributed by atoms with van der Waals surface area (Å²) in [6.45, 7) is 2.35. The Bertz CT molecular complexity index is 516. The second-order valence-electron chi connectivity index (χ2n) is 4.12. The molecule has 0 heterocycles. The Hall–Kier alpha value is -0.690. The summed E-state index contributed by atoms with van der Waals surface area (Å²) in [5, 5.41) is 11.7. The van der Waals surface area contributed by atoms with Gasteiger partial charge in [0.15, 0.2) is 9.84 Å². The van der Waals surface area contributed by atoms with Gasteiger partial charge in [-0.25, -0.2) is 12.8 Å². The number of benzene rings is 1. The number of aliphatic hydroxyl groups excluding tert-OH is 1. The third-order valence-corrected chi connectivity index (χ3v) is 4.74. The highest BCUT2D eigenvalue weighted by molar-refractivity contribution is 7.91. The Kier molecular flexibility index (Phi) is 6.19. The predicted molar refractivity (Wildman–Crippen MR) is 72.6 cm³/mol. The highest BCUT2D eigenvalue weighted by Gasteiger charge is 2.21. The van der Waals surface area contributed by atoms with Crippen molar-refractivity contribution in [2.24, 2.45) is 0 Å². The van der Waals surface area contributed by atoms with Crippen LogP contribution in [0.5, 0.6) is 0 Å². The van der Waals surface area contributed by atoms with Crippen molar-refractivity contribution >= 4 is 21.4 Å². The Balaban J connectivity index is 2.92. The van der Waals surface area contributed by atoms with E-state index in [2.05, 4.69) is 5.32 Å². The van der Waals surface area contributed by atoms with Gasteiger partial charge in [0, 0.05) is 12.6 Å². The minimum absolute atomic E-state index is 0.0141. The number of sulfone groups is 1. The molecule has 19 heavy (non-hydrogen) atoms. The Labute approximate surface area is 117 Å². The second-order valence-corrected chi connectivity index (χ2v) is 6.57. The summed E-state index contributed by atoms with van der Waals surface area (Å²) in [6.07, 6.45) is 0.335. The first-order valence-corrected chi connectivity index (χ1v) is 7.95. The van der Waals surface area contributed by atoms with Gasteiger partial charge in [0.25, 0.3) is 0 Å². The predicted octanol–water partition coefficient (Wildman–Crippen LogP) is 1.61. The van der Waals surface area contributed by atoms with Crippen molar-refractivity contribution < 1.29 is 17.9 Å². The zero-order valence-corrected chi connectivity index (χ0v) is 12.1. The van der Waals surface area contributed by atoms with E-state index >= 15 is 0 Å². The van der Waals surface area contributed by atoms with Gasteiger partial charge in [-0.15, -0.1) is 0 Å². The molecule has 0 fully saturated rings. The van der Waals surface area contributed by atoms with Gasteiger partial charge < -0.3 is 10.4 Å². The maximum Gasteiger partial charge on any atom is 0.179 e. The van der Waals surface area contributed by atoms with E-state index in [0.717, 1.165) is 12.1 Å². The molecular formula is C12H17ClFNO3S. The van der Waals surface area contributed by atoms with Crippen molar-refractivity contribution in [1.29, 1.82) is 0 Å². The van der Waals surface area contributed by atoms with Crippen LogP contribution < -0.4 is 5.32 Å². The maximum atomic E-state index is 13.0. The summed E-state index contributed by atoms with van der Waals surface area (Å²) in [6, 6.07) is 2.99. The van der Waals surface area contributed by atoms with Crippen molar-refractivity contribution in [3.63, 3.8) is 0 Å². The van der Waals surface area contributed by atoms with Crippen LogP contribution in [0.15, 0.2) is 23.1 Å². The van der Waals surface area contributed by atoms with E-state index in [1.54, 1.807) is 0 Å². The number of halogens is 2. The van der Waals surface area contributed by atoms with Gasteiger partial charge in [-0.2, -0.15) is 0 Å². The molecule has 0 aliphatic carbocycles. The fourth-order valence-electron chi connectivity index (χ4n) is 1.72. The number of nitrogens with one attached hydrogen (secondary N) is 1. The number of hydrogen-bond donors (Lipinski definition) is 2. The van der Waals surface area contributed by atoms with E-state index in [1.807, 2.05) is 6.92 Å². The molecule has 1 aromatic carbocycles. The Morgan fingerprint density at radius 3 is 2.68 bits per heavy atom. The Morgan fingerprint density at radius 1 is 1.47 bits per heavy atom. The molecule has 0 aromatic heterocycles. The maximum absolute atomic E-state index is 13.0. The van der Waals surface area contributed by atoms with Crippen LogP contribution in [0.2, 0.25) is 5.02 Å². The first kappa shape index (κ1) is 16.4. The summed E-state index contributed by atoms with van der Waals surface area (Å²) in [5.74, 6) is -0.817. The Morgan fingerprint density at radius 2 is 2.16 bits per heavy atom. The van der Waals surface area contributed by atoms with E-state index in [0.29, 0.717) is 13.0 Å². The molecule has 0 spiro atoms. The minimum atomic E-state index is -3.57. The minimum Gasteiger partial charge on any atom is -0.396 e. The average molecular weight is 310 g/mol. The molecule has 2 N–H and O–H groups in total. The first-order chi connectivity index (χ1) is 8.90. The van der Waals surface area contributed by atoms with E-state index < -0.39 is 15.7 Å². The van der Waals surface area contributed by atoms with Gasteiger partial charge >= 0.3 is 0 Å². The van der Waals surface area contributed by atoms with Gasteiger partial charge in [-0.3, -0.25) is 0 Å². The highest BCUT2D eigenvalue weighted by Crippen LogP contribution is 2.21. The van der Waals surface area contributed by atoms with Crippen LogP contribution in [-0.4, -0.2) is 38.5 Å². The van der Waals surface area contributed by atoms with Gasteiger partial charge in [0.05, 0.1) is 15.7 Å². The molecule has 1 aromatic rings. The van der Waals surface area contributed by atoms with E-state index in [4.69, 9.17) is 16.7 Å². The van der Waals surface area contributed by atoms with Crippen LogP contribution in [0.25, 0.3) is 0 Å².